The molecule has 0 aromatic carbocycles. The van der Waals surface area contributed by atoms with Crippen molar-refractivity contribution in [2.24, 2.45) is 5.73 Å². The molecular formula is C12H16N4O2. The van der Waals surface area contributed by atoms with Crippen molar-refractivity contribution in [2.45, 2.75) is 12.5 Å². The van der Waals surface area contributed by atoms with E-state index in [0.29, 0.717) is 24.8 Å². The first-order valence-corrected chi connectivity index (χ1v) is 6.15. The van der Waals surface area contributed by atoms with E-state index >= 15 is 0 Å². The van der Waals surface area contributed by atoms with E-state index in [9.17, 15) is 0 Å². The Hall–Kier alpha value is -1.66. The largest absolute Gasteiger partial charge is 0.422 e. The van der Waals surface area contributed by atoms with E-state index in [1.165, 1.54) is 0 Å². The third-order valence-corrected chi connectivity index (χ3v) is 3.05. The molecule has 0 spiro atoms. The monoisotopic (exact) mass is 248 g/mol. The van der Waals surface area contributed by atoms with Gasteiger partial charge in [0.15, 0.2) is 5.58 Å². The Bertz CT molecular complexity index is 493. The lowest BCUT2D eigenvalue weighted by Gasteiger charge is -2.31. The van der Waals surface area contributed by atoms with Gasteiger partial charge in [-0.15, -0.1) is 0 Å². The fourth-order valence-corrected chi connectivity index (χ4v) is 2.15. The van der Waals surface area contributed by atoms with Crippen LogP contribution in [0.3, 0.4) is 0 Å². The van der Waals surface area contributed by atoms with Crippen LogP contribution in [0.2, 0.25) is 0 Å². The number of hydrogen-bond acceptors (Lipinski definition) is 6. The SMILES string of the molecule is NCCC1CN(c2nc3ncccc3o2)CCO1. The van der Waals surface area contributed by atoms with Crippen LogP contribution in [-0.4, -0.2) is 42.3 Å². The molecule has 2 N–H and O–H groups in total. The lowest BCUT2D eigenvalue weighted by atomic mass is 10.2. The standard InChI is InChI=1S/C12H16N4O2/c13-4-3-9-8-16(6-7-17-9)12-15-11-10(18-12)2-1-5-14-11/h1-2,5,9H,3-4,6-8,13H2. The summed E-state index contributed by atoms with van der Waals surface area (Å²) in [4.78, 5) is 10.7. The third-order valence-electron chi connectivity index (χ3n) is 3.05. The van der Waals surface area contributed by atoms with Gasteiger partial charge in [0.1, 0.15) is 0 Å². The lowest BCUT2D eigenvalue weighted by Crippen LogP contribution is -2.43. The molecule has 0 bridgehead atoms. The van der Waals surface area contributed by atoms with Crippen LogP contribution < -0.4 is 10.6 Å². The third kappa shape index (κ3) is 2.16. The first kappa shape index (κ1) is 11.4. The maximum absolute atomic E-state index is 5.70. The number of oxazole rings is 1. The number of nitrogens with zero attached hydrogens (tertiary/aromatic N) is 3. The quantitative estimate of drug-likeness (QED) is 0.864. The highest BCUT2D eigenvalue weighted by molar-refractivity contribution is 5.69. The zero-order chi connectivity index (χ0) is 12.4. The summed E-state index contributed by atoms with van der Waals surface area (Å²) < 4.78 is 11.3. The minimum Gasteiger partial charge on any atom is -0.422 e. The van der Waals surface area contributed by atoms with Crippen LogP contribution in [0.4, 0.5) is 6.01 Å². The maximum Gasteiger partial charge on any atom is 0.300 e. The van der Waals surface area contributed by atoms with Gasteiger partial charge in [-0.3, -0.25) is 0 Å². The van der Waals surface area contributed by atoms with E-state index < -0.39 is 0 Å². The van der Waals surface area contributed by atoms with Crippen LogP contribution in [0, 0.1) is 0 Å². The molecule has 1 atom stereocenters. The number of anilines is 1. The molecule has 0 radical (unpaired) electrons. The Kier molecular flexibility index (Phi) is 3.12. The smallest absolute Gasteiger partial charge is 0.300 e. The topological polar surface area (TPSA) is 77.4 Å². The molecule has 6 heteroatoms. The van der Waals surface area contributed by atoms with Gasteiger partial charge in [-0.25, -0.2) is 4.98 Å². The summed E-state index contributed by atoms with van der Waals surface area (Å²) >= 11 is 0. The summed E-state index contributed by atoms with van der Waals surface area (Å²) in [6.45, 7) is 2.86. The average molecular weight is 248 g/mol. The van der Waals surface area contributed by atoms with Crippen LogP contribution in [0.5, 0.6) is 0 Å². The molecule has 1 saturated heterocycles. The molecule has 0 aliphatic carbocycles. The molecule has 18 heavy (non-hydrogen) atoms. The molecule has 1 unspecified atom stereocenters. The van der Waals surface area contributed by atoms with Gasteiger partial charge in [-0.1, -0.05) is 0 Å². The van der Waals surface area contributed by atoms with Crippen molar-refractivity contribution in [1.82, 2.24) is 9.97 Å². The van der Waals surface area contributed by atoms with Gasteiger partial charge in [0.25, 0.3) is 6.01 Å². The number of aromatic nitrogens is 2. The van der Waals surface area contributed by atoms with Crippen molar-refractivity contribution in [2.75, 3.05) is 31.1 Å². The summed E-state index contributed by atoms with van der Waals surface area (Å²) in [6.07, 6.45) is 2.73. The normalized spacial score (nSPS) is 20.5. The Morgan fingerprint density at radius 2 is 2.44 bits per heavy atom. The van der Waals surface area contributed by atoms with Gasteiger partial charge >= 0.3 is 0 Å². The number of pyridine rings is 1. The molecule has 6 nitrogen and oxygen atoms in total. The fraction of sp³-hybridized carbons (Fsp3) is 0.500. The minimum atomic E-state index is 0.159. The lowest BCUT2D eigenvalue weighted by molar-refractivity contribution is 0.0353. The van der Waals surface area contributed by atoms with E-state index in [4.69, 9.17) is 14.9 Å². The van der Waals surface area contributed by atoms with Crippen molar-refractivity contribution in [3.63, 3.8) is 0 Å². The number of rotatable bonds is 3. The summed E-state index contributed by atoms with van der Waals surface area (Å²) in [5.74, 6) is 0. The highest BCUT2D eigenvalue weighted by Crippen LogP contribution is 2.22. The van der Waals surface area contributed by atoms with Crippen molar-refractivity contribution in [1.29, 1.82) is 0 Å². The van der Waals surface area contributed by atoms with Gasteiger partial charge in [0.05, 0.1) is 12.7 Å². The molecule has 2 aromatic rings. The Morgan fingerprint density at radius 3 is 3.28 bits per heavy atom. The molecule has 0 amide bonds. The van der Waals surface area contributed by atoms with Crippen LogP contribution in [0.15, 0.2) is 22.7 Å². The second kappa shape index (κ2) is 4.91. The van der Waals surface area contributed by atoms with Crippen molar-refractivity contribution >= 4 is 17.2 Å². The van der Waals surface area contributed by atoms with Gasteiger partial charge < -0.3 is 19.8 Å². The zero-order valence-corrected chi connectivity index (χ0v) is 10.1. The van der Waals surface area contributed by atoms with Crippen molar-refractivity contribution in [3.05, 3.63) is 18.3 Å². The number of morpholine rings is 1. The molecule has 96 valence electrons. The highest BCUT2D eigenvalue weighted by atomic mass is 16.5. The molecule has 1 aliphatic heterocycles. The molecular weight excluding hydrogens is 232 g/mol. The molecule has 3 rings (SSSR count). The second-order valence-electron chi connectivity index (χ2n) is 4.34. The van der Waals surface area contributed by atoms with Gasteiger partial charge in [-0.2, -0.15) is 4.98 Å². The van der Waals surface area contributed by atoms with Crippen LogP contribution >= 0.6 is 0 Å². The summed E-state index contributed by atoms with van der Waals surface area (Å²) in [7, 11) is 0. The molecule has 1 fully saturated rings. The minimum absolute atomic E-state index is 0.159. The van der Waals surface area contributed by atoms with Crippen LogP contribution in [-0.2, 0) is 4.74 Å². The van der Waals surface area contributed by atoms with Crippen molar-refractivity contribution < 1.29 is 9.15 Å². The number of hydrogen-bond donors (Lipinski definition) is 1. The number of nitrogens with two attached hydrogens (primary N) is 1. The zero-order valence-electron chi connectivity index (χ0n) is 10.1. The van der Waals surface area contributed by atoms with E-state index in [-0.39, 0.29) is 6.10 Å². The molecule has 2 aromatic heterocycles. The first-order valence-electron chi connectivity index (χ1n) is 6.15. The van der Waals surface area contributed by atoms with Crippen molar-refractivity contribution in [3.8, 4) is 0 Å². The summed E-state index contributed by atoms with van der Waals surface area (Å²) in [6, 6.07) is 4.33. The van der Waals surface area contributed by atoms with E-state index in [0.717, 1.165) is 25.1 Å². The van der Waals surface area contributed by atoms with E-state index in [1.54, 1.807) is 6.20 Å². The number of fused-ring (bicyclic) bond motifs is 1. The van der Waals surface area contributed by atoms with E-state index in [1.807, 2.05) is 12.1 Å². The average Bonchev–Trinajstić information content (AvgIpc) is 2.83. The molecule has 1 aliphatic rings. The number of ether oxygens (including phenoxy) is 1. The first-order chi connectivity index (χ1) is 8.86. The van der Waals surface area contributed by atoms with Gasteiger partial charge in [0, 0.05) is 19.3 Å². The van der Waals surface area contributed by atoms with Gasteiger partial charge in [0.2, 0.25) is 5.65 Å². The Labute approximate surface area is 105 Å². The summed E-state index contributed by atoms with van der Waals surface area (Å²) in [5.41, 5.74) is 6.92. The highest BCUT2D eigenvalue weighted by Gasteiger charge is 2.23. The van der Waals surface area contributed by atoms with E-state index in [2.05, 4.69) is 14.9 Å². The predicted molar refractivity (Wildman–Crippen MR) is 67.4 cm³/mol. The van der Waals surface area contributed by atoms with Gasteiger partial charge in [-0.05, 0) is 25.1 Å². The summed E-state index contributed by atoms with van der Waals surface area (Å²) in [5, 5.41) is 0. The fourth-order valence-electron chi connectivity index (χ4n) is 2.15. The second-order valence-corrected chi connectivity index (χ2v) is 4.34. The molecule has 3 heterocycles. The van der Waals surface area contributed by atoms with Crippen LogP contribution in [0.25, 0.3) is 11.2 Å². The Balaban J connectivity index is 1.80. The van der Waals surface area contributed by atoms with Crippen LogP contribution in [0.1, 0.15) is 6.42 Å². The maximum atomic E-state index is 5.70. The Morgan fingerprint density at radius 1 is 1.50 bits per heavy atom. The molecule has 0 saturated carbocycles. The predicted octanol–water partition coefficient (Wildman–Crippen LogP) is 0.777.